The molecule has 2 atom stereocenters. The van der Waals surface area contributed by atoms with Gasteiger partial charge in [0.15, 0.2) is 0 Å². The summed E-state index contributed by atoms with van der Waals surface area (Å²) >= 11 is 0. The van der Waals surface area contributed by atoms with Gasteiger partial charge in [0.2, 0.25) is 5.91 Å². The van der Waals surface area contributed by atoms with Gasteiger partial charge in [-0.2, -0.15) is 5.10 Å². The van der Waals surface area contributed by atoms with Crippen LogP contribution in [0, 0.1) is 19.8 Å². The smallest absolute Gasteiger partial charge is 0.272 e. The maximum Gasteiger partial charge on any atom is 0.272 e. The number of H-pyrrole nitrogens is 1. The van der Waals surface area contributed by atoms with Crippen LogP contribution in [0.2, 0.25) is 0 Å². The summed E-state index contributed by atoms with van der Waals surface area (Å²) in [5, 5.41) is 10.3. The number of aryl methyl sites for hydroxylation is 2. The monoisotopic (exact) mass is 424 g/mol. The molecule has 2 amide bonds. The van der Waals surface area contributed by atoms with E-state index < -0.39 is 0 Å². The van der Waals surface area contributed by atoms with Gasteiger partial charge in [-0.15, -0.1) is 0 Å². The van der Waals surface area contributed by atoms with Crippen molar-refractivity contribution in [2.24, 2.45) is 5.92 Å². The van der Waals surface area contributed by atoms with E-state index in [1.165, 1.54) is 11.1 Å². The average molecular weight is 425 g/mol. The van der Waals surface area contributed by atoms with Crippen molar-refractivity contribution in [1.82, 2.24) is 20.4 Å². The lowest BCUT2D eigenvalue weighted by molar-refractivity contribution is -0.128. The molecule has 4 rings (SSSR count). The Morgan fingerprint density at radius 2 is 1.94 bits per heavy atom. The third-order valence-corrected chi connectivity index (χ3v) is 6.57. The molecule has 0 spiro atoms. The summed E-state index contributed by atoms with van der Waals surface area (Å²) in [5.41, 5.74) is 4.62. The van der Waals surface area contributed by atoms with Crippen molar-refractivity contribution >= 4 is 11.8 Å². The van der Waals surface area contributed by atoms with Crippen molar-refractivity contribution in [3.05, 3.63) is 41.1 Å². The molecule has 1 aliphatic carbocycles. The fraction of sp³-hybridized carbons (Fsp3) is 0.542. The van der Waals surface area contributed by atoms with Gasteiger partial charge in [-0.05, 0) is 56.4 Å². The highest BCUT2D eigenvalue weighted by atomic mass is 16.5. The molecular weight excluding hydrogens is 392 g/mol. The molecule has 166 valence electrons. The molecule has 0 bridgehead atoms. The molecule has 1 aromatic carbocycles. The largest absolute Gasteiger partial charge is 0.380 e. The minimum Gasteiger partial charge on any atom is -0.380 e. The molecule has 31 heavy (non-hydrogen) atoms. The first kappa shape index (κ1) is 21.6. The molecule has 2 heterocycles. The molecule has 7 heteroatoms. The Labute approximate surface area is 183 Å². The molecule has 2 N–H and O–H groups in total. The van der Waals surface area contributed by atoms with Crippen LogP contribution in [0.1, 0.15) is 53.7 Å². The highest BCUT2D eigenvalue weighted by molar-refractivity contribution is 5.94. The highest BCUT2D eigenvalue weighted by Crippen LogP contribution is 2.30. The number of ether oxygens (including phenoxy) is 1. The van der Waals surface area contributed by atoms with Crippen LogP contribution in [0.25, 0.3) is 11.3 Å². The molecular formula is C24H32N4O3. The van der Waals surface area contributed by atoms with Gasteiger partial charge in [0, 0.05) is 31.3 Å². The molecule has 0 radical (unpaired) electrons. The number of rotatable bonds is 2. The maximum atomic E-state index is 13.6. The van der Waals surface area contributed by atoms with Gasteiger partial charge < -0.3 is 15.0 Å². The summed E-state index contributed by atoms with van der Waals surface area (Å²) in [6.45, 7) is 6.34. The van der Waals surface area contributed by atoms with Gasteiger partial charge in [0.25, 0.3) is 5.91 Å². The van der Waals surface area contributed by atoms with Crippen molar-refractivity contribution in [2.45, 2.75) is 52.0 Å². The molecule has 0 unspecified atom stereocenters. The Morgan fingerprint density at radius 1 is 1.10 bits per heavy atom. The van der Waals surface area contributed by atoms with Crippen LogP contribution in [0.3, 0.4) is 0 Å². The number of hydrogen-bond donors (Lipinski definition) is 2. The van der Waals surface area contributed by atoms with E-state index in [-0.39, 0.29) is 23.8 Å². The lowest BCUT2D eigenvalue weighted by atomic mass is 9.82. The van der Waals surface area contributed by atoms with Gasteiger partial charge in [-0.25, -0.2) is 0 Å². The first-order chi connectivity index (χ1) is 15.0. The first-order valence-corrected chi connectivity index (χ1v) is 11.3. The van der Waals surface area contributed by atoms with E-state index >= 15 is 0 Å². The fourth-order valence-electron chi connectivity index (χ4n) is 4.66. The van der Waals surface area contributed by atoms with Crippen LogP contribution in [0.4, 0.5) is 0 Å². The van der Waals surface area contributed by atoms with Crippen molar-refractivity contribution in [1.29, 1.82) is 0 Å². The number of carbonyl (C=O) groups is 2. The Morgan fingerprint density at radius 3 is 2.77 bits per heavy atom. The Hall–Kier alpha value is -2.67. The average Bonchev–Trinajstić information content (AvgIpc) is 3.26. The van der Waals surface area contributed by atoms with Crippen LogP contribution in [0.15, 0.2) is 24.3 Å². The zero-order valence-electron chi connectivity index (χ0n) is 18.4. The number of aromatic nitrogens is 2. The van der Waals surface area contributed by atoms with Crippen LogP contribution in [-0.4, -0.2) is 59.3 Å². The summed E-state index contributed by atoms with van der Waals surface area (Å²) in [6, 6.07) is 7.92. The van der Waals surface area contributed by atoms with Gasteiger partial charge in [-0.1, -0.05) is 25.0 Å². The summed E-state index contributed by atoms with van der Waals surface area (Å²) in [6.07, 6.45) is 4.47. The second-order valence-electron chi connectivity index (χ2n) is 8.68. The second kappa shape index (κ2) is 9.64. The van der Waals surface area contributed by atoms with Gasteiger partial charge in [-0.3, -0.25) is 14.7 Å². The number of amides is 2. The summed E-state index contributed by atoms with van der Waals surface area (Å²) in [4.78, 5) is 28.2. The molecule has 1 saturated carbocycles. The standard InChI is InChI=1S/C24H32N4O3/c1-16-8-9-18(14-17(16)2)20-15-21(27-26-20)24(30)28-11-5-12-31-13-10-25-23(29)19-6-3-4-7-22(19)28/h8-9,14-15,19,22H,3-7,10-13H2,1-2H3,(H,25,29)(H,26,27)/t19-,22+/m1/s1. The number of aromatic amines is 1. The topological polar surface area (TPSA) is 87.3 Å². The second-order valence-corrected chi connectivity index (χ2v) is 8.68. The molecule has 1 aliphatic heterocycles. The number of hydrogen-bond acceptors (Lipinski definition) is 4. The van der Waals surface area contributed by atoms with Crippen LogP contribution in [-0.2, 0) is 9.53 Å². The van der Waals surface area contributed by atoms with E-state index in [0.717, 1.165) is 43.4 Å². The van der Waals surface area contributed by atoms with Gasteiger partial charge in [0.05, 0.1) is 18.2 Å². The lowest BCUT2D eigenvalue weighted by Gasteiger charge is -2.39. The number of fused-ring (bicyclic) bond motifs is 1. The normalized spacial score (nSPS) is 22.9. The summed E-state index contributed by atoms with van der Waals surface area (Å²) < 4.78 is 5.61. The van der Waals surface area contributed by atoms with E-state index in [4.69, 9.17) is 4.74 Å². The molecule has 2 aromatic rings. The Balaban J connectivity index is 1.60. The lowest BCUT2D eigenvalue weighted by Crippen LogP contribution is -2.51. The SMILES string of the molecule is Cc1ccc(-c2cc(C(=O)N3CCCOCCNC(=O)[C@@H]4CCCC[C@@H]43)[nH]n2)cc1C. The third-order valence-electron chi connectivity index (χ3n) is 6.57. The van der Waals surface area contributed by atoms with E-state index in [2.05, 4.69) is 41.5 Å². The Bertz CT molecular complexity index is 939. The fourth-order valence-corrected chi connectivity index (χ4v) is 4.66. The van der Waals surface area contributed by atoms with Gasteiger partial charge in [0.1, 0.15) is 5.69 Å². The predicted molar refractivity (Wildman–Crippen MR) is 119 cm³/mol. The van der Waals surface area contributed by atoms with E-state index in [1.54, 1.807) is 0 Å². The van der Waals surface area contributed by atoms with Crippen molar-refractivity contribution in [2.75, 3.05) is 26.3 Å². The number of benzene rings is 1. The van der Waals surface area contributed by atoms with Crippen molar-refractivity contribution in [3.63, 3.8) is 0 Å². The van der Waals surface area contributed by atoms with Crippen molar-refractivity contribution < 1.29 is 14.3 Å². The number of nitrogens with one attached hydrogen (secondary N) is 2. The molecule has 2 aliphatic rings. The van der Waals surface area contributed by atoms with Crippen LogP contribution < -0.4 is 5.32 Å². The minimum atomic E-state index is -0.169. The molecule has 7 nitrogen and oxygen atoms in total. The van der Waals surface area contributed by atoms with Crippen LogP contribution in [0.5, 0.6) is 0 Å². The predicted octanol–water partition coefficient (Wildman–Crippen LogP) is 3.23. The van der Waals surface area contributed by atoms with E-state index in [9.17, 15) is 9.59 Å². The maximum absolute atomic E-state index is 13.6. The summed E-state index contributed by atoms with van der Waals surface area (Å²) in [7, 11) is 0. The van der Waals surface area contributed by atoms with Gasteiger partial charge >= 0.3 is 0 Å². The minimum absolute atomic E-state index is 0.0356. The van der Waals surface area contributed by atoms with E-state index in [0.29, 0.717) is 32.0 Å². The molecule has 2 fully saturated rings. The zero-order chi connectivity index (χ0) is 21.8. The summed E-state index contributed by atoms with van der Waals surface area (Å²) in [5.74, 6) is -0.224. The quantitative estimate of drug-likeness (QED) is 0.775. The number of nitrogens with zero attached hydrogens (tertiary/aromatic N) is 2. The Kier molecular flexibility index (Phi) is 6.70. The van der Waals surface area contributed by atoms with Crippen LogP contribution >= 0.6 is 0 Å². The van der Waals surface area contributed by atoms with Crippen molar-refractivity contribution in [3.8, 4) is 11.3 Å². The zero-order valence-corrected chi connectivity index (χ0v) is 18.4. The number of carbonyl (C=O) groups excluding carboxylic acids is 2. The highest BCUT2D eigenvalue weighted by Gasteiger charge is 2.37. The first-order valence-electron chi connectivity index (χ1n) is 11.3. The molecule has 1 aromatic heterocycles. The third kappa shape index (κ3) is 4.82. The van der Waals surface area contributed by atoms with E-state index in [1.807, 2.05) is 17.0 Å². The molecule has 1 saturated heterocycles.